The lowest BCUT2D eigenvalue weighted by molar-refractivity contribution is -0.144. The van der Waals surface area contributed by atoms with Crippen molar-refractivity contribution in [1.29, 1.82) is 0 Å². The number of rotatable bonds is 2. The molecule has 24 heteroatoms. The van der Waals surface area contributed by atoms with Crippen LogP contribution in [0.15, 0.2) is 55.6 Å². The fourth-order valence-corrected chi connectivity index (χ4v) is 5.41. The smallest absolute Gasteiger partial charge is 0.268 e. The lowest BCUT2D eigenvalue weighted by atomic mass is 9.96. The molecule has 0 unspecified atom stereocenters. The third-order valence-electron chi connectivity index (χ3n) is 7.40. The van der Waals surface area contributed by atoms with Crippen LogP contribution in [-0.2, 0) is 37.1 Å². The van der Waals surface area contributed by atoms with Gasteiger partial charge in [0.2, 0.25) is 0 Å². The van der Waals surface area contributed by atoms with Gasteiger partial charge in [0.1, 0.15) is 0 Å². The molecule has 0 aliphatic heterocycles. The molecule has 0 saturated carbocycles. The molecule has 0 aliphatic rings. The maximum absolute atomic E-state index is 14.6. The number of aromatic nitrogens is 2. The third kappa shape index (κ3) is 6.05. The number of nitrogens with zero attached hydrogens (tertiary/aromatic N) is 2. The number of alkyl halides is 18. The van der Waals surface area contributed by atoms with E-state index in [2.05, 4.69) is 0 Å². The van der Waals surface area contributed by atoms with E-state index in [0.717, 1.165) is 0 Å². The van der Waals surface area contributed by atoms with Gasteiger partial charge in [0.05, 0.1) is 66.3 Å². The molecule has 2 heterocycles. The summed E-state index contributed by atoms with van der Waals surface area (Å²) in [6.45, 7) is 0. The van der Waals surface area contributed by atoms with Crippen molar-refractivity contribution in [2.45, 2.75) is 37.1 Å². The van der Waals surface area contributed by atoms with Gasteiger partial charge in [-0.15, -0.1) is 0 Å². The molecule has 0 aliphatic carbocycles. The topological polar surface area (TPSA) is 78.1 Å². The average Bonchev–Trinajstić information content (AvgIpc) is 3.36. The van der Waals surface area contributed by atoms with Crippen molar-refractivity contribution in [3.63, 3.8) is 0 Å². The van der Waals surface area contributed by atoms with Crippen LogP contribution in [0.5, 0.6) is 0 Å². The van der Waals surface area contributed by atoms with E-state index in [1.165, 1.54) is 0 Å². The van der Waals surface area contributed by atoms with Gasteiger partial charge in [0.25, 0.3) is 22.2 Å². The second-order valence-corrected chi connectivity index (χ2v) is 10.7. The quantitative estimate of drug-likeness (QED) is 0.170. The van der Waals surface area contributed by atoms with Crippen LogP contribution < -0.4 is 22.2 Å². The Kier molecular flexibility index (Phi) is 8.09. The number of hydrogen-bond acceptors (Lipinski definition) is 4. The zero-order valence-electron chi connectivity index (χ0n) is 23.8. The Morgan fingerprint density at radius 2 is 0.500 bits per heavy atom. The van der Waals surface area contributed by atoms with Crippen LogP contribution in [0, 0.1) is 0 Å². The number of benzene rings is 3. The van der Waals surface area contributed by atoms with E-state index in [1.54, 1.807) is 0 Å². The summed E-state index contributed by atoms with van der Waals surface area (Å²) in [4.78, 5) is 53.4. The van der Waals surface area contributed by atoms with Crippen LogP contribution in [0.1, 0.15) is 33.4 Å². The Bertz CT molecular complexity index is 2190. The Hall–Kier alpha value is -5.32. The minimum Gasteiger partial charge on any atom is -0.268 e. The summed E-state index contributed by atoms with van der Waals surface area (Å²) in [7, 11) is 0. The molecule has 5 aromatic rings. The largest absolute Gasteiger partial charge is 0.418 e. The van der Waals surface area contributed by atoms with Gasteiger partial charge in [-0.2, -0.15) is 79.0 Å². The molecule has 278 valence electrons. The molecular weight excluding hydrogens is 770 g/mol. The van der Waals surface area contributed by atoms with Crippen LogP contribution in [0.2, 0.25) is 0 Å². The Morgan fingerprint density at radius 1 is 0.308 bits per heavy atom. The standard InChI is InChI=1S/C28H6F18N2O4/c29-23(30,31)7-1-8(24(32,33)34)4-11(3-7)47-19(49)13-14(20(47)50)18(28(44,45)46)16-15(17(13)27(41,42)43)21(51)48(22(16)52)12-5-9(25(35,36)37)2-10(6-12)26(38,39)40/h1-6H. The number of halogens is 18. The van der Waals surface area contributed by atoms with Crippen molar-refractivity contribution in [3.05, 3.63) is 111 Å². The van der Waals surface area contributed by atoms with E-state index in [0.29, 0.717) is 0 Å². The van der Waals surface area contributed by atoms with Crippen molar-refractivity contribution in [3.8, 4) is 11.4 Å². The first-order chi connectivity index (χ1) is 23.3. The maximum Gasteiger partial charge on any atom is 0.418 e. The van der Waals surface area contributed by atoms with Crippen LogP contribution >= 0.6 is 0 Å². The van der Waals surface area contributed by atoms with Gasteiger partial charge in [0.15, 0.2) is 0 Å². The maximum atomic E-state index is 14.6. The van der Waals surface area contributed by atoms with E-state index in [4.69, 9.17) is 0 Å². The van der Waals surface area contributed by atoms with Crippen LogP contribution in [0.3, 0.4) is 0 Å². The van der Waals surface area contributed by atoms with E-state index in [1.807, 2.05) is 0 Å². The minimum absolute atomic E-state index is 0.435. The van der Waals surface area contributed by atoms with Crippen molar-refractivity contribution >= 4 is 21.5 Å². The summed E-state index contributed by atoms with van der Waals surface area (Å²) in [6, 6.07) is -2.93. The zero-order valence-corrected chi connectivity index (χ0v) is 23.8. The Morgan fingerprint density at radius 3 is 0.654 bits per heavy atom. The highest BCUT2D eigenvalue weighted by Gasteiger charge is 2.48. The summed E-state index contributed by atoms with van der Waals surface area (Å²) >= 11 is 0. The van der Waals surface area contributed by atoms with Gasteiger partial charge in [-0.3, -0.25) is 19.2 Å². The summed E-state index contributed by atoms with van der Waals surface area (Å²) in [5, 5.41) is -10.2. The molecule has 52 heavy (non-hydrogen) atoms. The molecule has 0 N–H and O–H groups in total. The molecule has 3 aromatic carbocycles. The molecule has 0 atom stereocenters. The predicted octanol–water partition coefficient (Wildman–Crippen LogP) is 8.00. The molecule has 0 amide bonds. The highest BCUT2D eigenvalue weighted by Crippen LogP contribution is 2.45. The SMILES string of the molecule is O=c1c2c(C(F)(F)F)c3c(=O)n(-c4cc(C(F)(F)F)cc(C(F)(F)F)c4)c(=O)c3c(C(F)(F)F)c2c(=O)n1-c1cc(C(F)(F)F)cc(C(F)(F)F)c1. The van der Waals surface area contributed by atoms with E-state index in [9.17, 15) is 98.2 Å². The zero-order chi connectivity index (χ0) is 39.6. The van der Waals surface area contributed by atoms with Gasteiger partial charge in [-0.25, -0.2) is 9.13 Å². The normalized spacial score (nSPS) is 13.9. The van der Waals surface area contributed by atoms with Gasteiger partial charge in [-0.05, 0) is 36.4 Å². The van der Waals surface area contributed by atoms with Gasteiger partial charge in [-0.1, -0.05) is 0 Å². The highest BCUT2D eigenvalue weighted by atomic mass is 19.4. The summed E-state index contributed by atoms with van der Waals surface area (Å²) in [6.07, 6.45) is -35.7. The lowest BCUT2D eigenvalue weighted by Gasteiger charge is -2.14. The van der Waals surface area contributed by atoms with Crippen molar-refractivity contribution in [2.24, 2.45) is 0 Å². The number of hydrogen-bond donors (Lipinski definition) is 0. The molecule has 6 nitrogen and oxygen atoms in total. The predicted molar refractivity (Wildman–Crippen MR) is 138 cm³/mol. The summed E-state index contributed by atoms with van der Waals surface area (Å²) in [5.74, 6) is 0. The molecular formula is C28H6F18N2O4. The van der Waals surface area contributed by atoms with Gasteiger partial charge < -0.3 is 0 Å². The average molecular weight is 776 g/mol. The molecule has 5 rings (SSSR count). The minimum atomic E-state index is -6.36. The van der Waals surface area contributed by atoms with E-state index in [-0.39, 0.29) is 0 Å². The molecule has 0 radical (unpaired) electrons. The van der Waals surface area contributed by atoms with Crippen LogP contribution in [0.25, 0.3) is 32.9 Å². The first kappa shape index (κ1) is 37.9. The molecule has 0 saturated heterocycles. The van der Waals surface area contributed by atoms with Crippen molar-refractivity contribution in [1.82, 2.24) is 9.13 Å². The first-order valence-corrected chi connectivity index (χ1v) is 13.0. The van der Waals surface area contributed by atoms with Gasteiger partial charge >= 0.3 is 37.1 Å². The van der Waals surface area contributed by atoms with Crippen molar-refractivity contribution < 1.29 is 79.0 Å². The van der Waals surface area contributed by atoms with Crippen LogP contribution in [-0.4, -0.2) is 9.13 Å². The molecule has 0 fully saturated rings. The van der Waals surface area contributed by atoms with Crippen molar-refractivity contribution in [2.75, 3.05) is 0 Å². The van der Waals surface area contributed by atoms with Gasteiger partial charge in [0, 0.05) is 0 Å². The molecule has 0 bridgehead atoms. The monoisotopic (exact) mass is 776 g/mol. The molecule has 0 spiro atoms. The third-order valence-corrected chi connectivity index (χ3v) is 7.40. The lowest BCUT2D eigenvalue weighted by Crippen LogP contribution is -2.27. The van der Waals surface area contributed by atoms with Crippen LogP contribution in [0.4, 0.5) is 79.0 Å². The second kappa shape index (κ2) is 11.1. The first-order valence-electron chi connectivity index (χ1n) is 13.0. The van der Waals surface area contributed by atoms with E-state index < -0.39 is 171 Å². The fraction of sp³-hybridized carbons (Fsp3) is 0.214. The Labute approximate surface area is 270 Å². The fourth-order valence-electron chi connectivity index (χ4n) is 5.41. The summed E-state index contributed by atoms with van der Waals surface area (Å²) < 4.78 is 247. The Balaban J connectivity index is 2.09. The second-order valence-electron chi connectivity index (χ2n) is 10.7. The number of fused-ring (bicyclic) bond motifs is 2. The highest BCUT2D eigenvalue weighted by molar-refractivity contribution is 6.07. The summed E-state index contributed by atoms with van der Waals surface area (Å²) in [5.41, 5.74) is -29.8. The molecule has 2 aromatic heterocycles. The van der Waals surface area contributed by atoms with E-state index >= 15 is 0 Å².